The van der Waals surface area contributed by atoms with Gasteiger partial charge in [0.2, 0.25) is 0 Å². The summed E-state index contributed by atoms with van der Waals surface area (Å²) in [7, 11) is 0. The first-order valence-corrected chi connectivity index (χ1v) is 4.05. The van der Waals surface area contributed by atoms with Crippen molar-refractivity contribution in [1.29, 1.82) is 0 Å². The van der Waals surface area contributed by atoms with Gasteiger partial charge >= 0.3 is 11.9 Å². The van der Waals surface area contributed by atoms with E-state index in [0.29, 0.717) is 4.47 Å². The largest absolute Gasteiger partial charge is 0.481 e. The van der Waals surface area contributed by atoms with Crippen molar-refractivity contribution < 1.29 is 23.1 Å². The summed E-state index contributed by atoms with van der Waals surface area (Å²) in [5, 5.41) is 8.18. The van der Waals surface area contributed by atoms with E-state index in [4.69, 9.17) is 5.11 Å². The first-order chi connectivity index (χ1) is 5.92. The van der Waals surface area contributed by atoms with Crippen LogP contribution in [0.15, 0.2) is 21.2 Å². The van der Waals surface area contributed by atoms with Crippen molar-refractivity contribution in [3.63, 3.8) is 0 Å². The van der Waals surface area contributed by atoms with Gasteiger partial charge in [0, 0.05) is 6.07 Å². The molecule has 0 aliphatic carbocycles. The molecular weight excluding hydrogens is 250 g/mol. The molecule has 6 heteroatoms. The fourth-order valence-electron chi connectivity index (χ4n) is 0.782. The van der Waals surface area contributed by atoms with Gasteiger partial charge in [-0.1, -0.05) is 0 Å². The molecule has 1 rings (SSSR count). The van der Waals surface area contributed by atoms with Crippen LogP contribution in [0.2, 0.25) is 0 Å². The Labute approximate surface area is 80.5 Å². The molecule has 0 saturated heterocycles. The summed E-state index contributed by atoms with van der Waals surface area (Å²) in [5.41, 5.74) is 0. The minimum absolute atomic E-state index is 0.354. The molecule has 0 aliphatic heterocycles. The first kappa shape index (κ1) is 10.2. The van der Waals surface area contributed by atoms with Gasteiger partial charge in [-0.25, -0.2) is 0 Å². The van der Waals surface area contributed by atoms with Gasteiger partial charge in [-0.15, -0.1) is 0 Å². The summed E-state index contributed by atoms with van der Waals surface area (Å²) in [6.45, 7) is 0. The van der Waals surface area contributed by atoms with Crippen LogP contribution in [-0.4, -0.2) is 11.1 Å². The standard InChI is InChI=1S/C7H5BrF2O3/c8-4-1-5(13-3-4)7(9,10)2-6(11)12/h1,3H,2H2,(H,11,12). The SMILES string of the molecule is O=C(O)CC(F)(F)c1cc(Br)co1. The van der Waals surface area contributed by atoms with E-state index in [0.717, 1.165) is 12.3 Å². The summed E-state index contributed by atoms with van der Waals surface area (Å²) >= 11 is 2.92. The molecule has 72 valence electrons. The van der Waals surface area contributed by atoms with Crippen LogP contribution < -0.4 is 0 Å². The maximum atomic E-state index is 12.9. The highest BCUT2D eigenvalue weighted by Gasteiger charge is 2.37. The molecule has 1 N–H and O–H groups in total. The summed E-state index contributed by atoms with van der Waals surface area (Å²) in [5.74, 6) is -5.68. The summed E-state index contributed by atoms with van der Waals surface area (Å²) in [6, 6.07) is 1.04. The molecule has 0 radical (unpaired) electrons. The number of halogens is 3. The van der Waals surface area contributed by atoms with Crippen LogP contribution in [-0.2, 0) is 10.7 Å². The van der Waals surface area contributed by atoms with E-state index in [-0.39, 0.29) is 0 Å². The Bertz CT molecular complexity index is 321. The zero-order chi connectivity index (χ0) is 10.1. The number of aliphatic carboxylic acids is 1. The van der Waals surface area contributed by atoms with Crippen molar-refractivity contribution in [2.45, 2.75) is 12.3 Å². The Hall–Kier alpha value is -0.910. The van der Waals surface area contributed by atoms with Crippen molar-refractivity contribution in [3.05, 3.63) is 22.6 Å². The number of furan rings is 1. The molecule has 0 spiro atoms. The van der Waals surface area contributed by atoms with E-state index >= 15 is 0 Å². The number of carboxylic acids is 1. The lowest BCUT2D eigenvalue weighted by atomic mass is 10.2. The van der Waals surface area contributed by atoms with Crippen molar-refractivity contribution in [1.82, 2.24) is 0 Å². The first-order valence-electron chi connectivity index (χ1n) is 3.26. The average molecular weight is 255 g/mol. The monoisotopic (exact) mass is 254 g/mol. The number of hydrogen-bond acceptors (Lipinski definition) is 2. The van der Waals surface area contributed by atoms with Crippen LogP contribution in [0, 0.1) is 0 Å². The van der Waals surface area contributed by atoms with Gasteiger partial charge in [-0.2, -0.15) is 8.78 Å². The van der Waals surface area contributed by atoms with Crippen LogP contribution in [0.1, 0.15) is 12.2 Å². The highest BCUT2D eigenvalue weighted by atomic mass is 79.9. The van der Waals surface area contributed by atoms with Crippen LogP contribution in [0.25, 0.3) is 0 Å². The minimum Gasteiger partial charge on any atom is -0.481 e. The molecule has 0 aromatic carbocycles. The lowest BCUT2D eigenvalue weighted by molar-refractivity contribution is -0.146. The smallest absolute Gasteiger partial charge is 0.315 e. The fourth-order valence-corrected chi connectivity index (χ4v) is 1.08. The van der Waals surface area contributed by atoms with Gasteiger partial charge in [0.25, 0.3) is 0 Å². The Balaban J connectivity index is 2.86. The number of alkyl halides is 2. The molecule has 3 nitrogen and oxygen atoms in total. The predicted octanol–water partition coefficient (Wildman–Crippen LogP) is 2.61. The van der Waals surface area contributed by atoms with Crippen LogP contribution in [0.4, 0.5) is 8.78 Å². The van der Waals surface area contributed by atoms with Gasteiger partial charge in [0.1, 0.15) is 12.7 Å². The van der Waals surface area contributed by atoms with Crippen molar-refractivity contribution >= 4 is 21.9 Å². The second-order valence-electron chi connectivity index (χ2n) is 2.40. The lowest BCUT2D eigenvalue weighted by Crippen LogP contribution is -2.17. The fraction of sp³-hybridized carbons (Fsp3) is 0.286. The van der Waals surface area contributed by atoms with Gasteiger partial charge in [-0.3, -0.25) is 4.79 Å². The Morgan fingerprint density at radius 1 is 1.69 bits per heavy atom. The number of rotatable bonds is 3. The molecule has 0 saturated carbocycles. The molecule has 1 heterocycles. The molecule has 0 aliphatic rings. The van der Waals surface area contributed by atoms with Crippen LogP contribution in [0.5, 0.6) is 0 Å². The van der Waals surface area contributed by atoms with E-state index in [2.05, 4.69) is 20.3 Å². The Kier molecular flexibility index (Phi) is 2.70. The lowest BCUT2D eigenvalue weighted by Gasteiger charge is -2.09. The third kappa shape index (κ3) is 2.51. The third-order valence-corrected chi connectivity index (χ3v) is 1.72. The van der Waals surface area contributed by atoms with Gasteiger partial charge in [0.05, 0.1) is 4.47 Å². The maximum absolute atomic E-state index is 12.9. The minimum atomic E-state index is -3.46. The molecule has 0 bridgehead atoms. The highest BCUT2D eigenvalue weighted by molar-refractivity contribution is 9.10. The van der Waals surface area contributed by atoms with Crippen LogP contribution in [0.3, 0.4) is 0 Å². The molecule has 13 heavy (non-hydrogen) atoms. The summed E-state index contributed by atoms with van der Waals surface area (Å²) in [4.78, 5) is 10.1. The second-order valence-corrected chi connectivity index (χ2v) is 3.32. The quantitative estimate of drug-likeness (QED) is 0.902. The van der Waals surface area contributed by atoms with Gasteiger partial charge in [0.15, 0.2) is 5.76 Å². The van der Waals surface area contributed by atoms with Crippen LogP contribution >= 0.6 is 15.9 Å². The number of carbonyl (C=O) groups is 1. The molecule has 0 atom stereocenters. The topological polar surface area (TPSA) is 50.4 Å². The second kappa shape index (κ2) is 3.45. The molecule has 0 unspecified atom stereocenters. The summed E-state index contributed by atoms with van der Waals surface area (Å²) < 4.78 is 30.7. The Morgan fingerprint density at radius 3 is 2.69 bits per heavy atom. The summed E-state index contributed by atoms with van der Waals surface area (Å²) in [6.07, 6.45) is -0.196. The molecule has 0 amide bonds. The van der Waals surface area contributed by atoms with E-state index in [1.807, 2.05) is 0 Å². The molecule has 1 aromatic rings. The van der Waals surface area contributed by atoms with Crippen molar-refractivity contribution in [3.8, 4) is 0 Å². The highest BCUT2D eigenvalue weighted by Crippen LogP contribution is 2.33. The van der Waals surface area contributed by atoms with E-state index < -0.39 is 24.1 Å². The average Bonchev–Trinajstić information content (AvgIpc) is 2.32. The van der Waals surface area contributed by atoms with Gasteiger partial charge < -0.3 is 9.52 Å². The zero-order valence-electron chi connectivity index (χ0n) is 6.26. The third-order valence-electron chi connectivity index (χ3n) is 1.30. The van der Waals surface area contributed by atoms with Crippen molar-refractivity contribution in [2.75, 3.05) is 0 Å². The normalized spacial score (nSPS) is 11.6. The molecular formula is C7H5BrF2O3. The molecule has 1 aromatic heterocycles. The van der Waals surface area contributed by atoms with Gasteiger partial charge in [-0.05, 0) is 15.9 Å². The number of carboxylic acid groups (broad SMARTS) is 1. The predicted molar refractivity (Wildman–Crippen MR) is 42.6 cm³/mol. The Morgan fingerprint density at radius 2 is 2.31 bits per heavy atom. The van der Waals surface area contributed by atoms with E-state index in [1.165, 1.54) is 0 Å². The van der Waals surface area contributed by atoms with Crippen molar-refractivity contribution in [2.24, 2.45) is 0 Å². The van der Waals surface area contributed by atoms with E-state index in [1.54, 1.807) is 0 Å². The molecule has 0 fully saturated rings. The zero-order valence-corrected chi connectivity index (χ0v) is 7.85. The maximum Gasteiger partial charge on any atom is 0.315 e. The number of hydrogen-bond donors (Lipinski definition) is 1. The van der Waals surface area contributed by atoms with E-state index in [9.17, 15) is 13.6 Å².